The van der Waals surface area contributed by atoms with Gasteiger partial charge < -0.3 is 19.5 Å². The third-order valence-electron chi connectivity index (χ3n) is 1.07. The van der Waals surface area contributed by atoms with Crippen LogP contribution >= 0.6 is 0 Å². The number of carbonyl (C=O) groups is 1. The average Bonchev–Trinajstić information content (AvgIpc) is 1.80. The lowest BCUT2D eigenvalue weighted by atomic mass is 10.5. The molecule has 0 fully saturated rings. The van der Waals surface area contributed by atoms with Crippen molar-refractivity contribution in [1.29, 1.82) is 0 Å². The lowest BCUT2D eigenvalue weighted by Gasteiger charge is -2.23. The summed E-state index contributed by atoms with van der Waals surface area (Å²) in [4.78, 5) is 10.3. The van der Waals surface area contributed by atoms with E-state index >= 15 is 0 Å². The molecule has 7 heteroatoms. The minimum atomic E-state index is -4.01. The van der Waals surface area contributed by atoms with Crippen molar-refractivity contribution >= 4 is 5.97 Å². The third-order valence-corrected chi connectivity index (χ3v) is 1.07. The van der Waals surface area contributed by atoms with E-state index in [1.807, 2.05) is 0 Å². The number of halogens is 1. The van der Waals surface area contributed by atoms with Crippen molar-refractivity contribution in [2.75, 3.05) is 34.3 Å². The quantitative estimate of drug-likeness (QED) is 0.293. The summed E-state index contributed by atoms with van der Waals surface area (Å²) >= 11 is -4.01. The van der Waals surface area contributed by atoms with E-state index < -0.39 is 21.1 Å². The Hall–Kier alpha value is 0.0400. The first-order chi connectivity index (χ1) is 6.15. The molecule has 0 saturated carbocycles. The first-order valence-electron chi connectivity index (χ1n) is 3.82. The molecular formula is C7H16INO5. The fraction of sp³-hybridized carbons (Fsp3) is 0.857. The van der Waals surface area contributed by atoms with E-state index in [2.05, 4.69) is 21.1 Å². The van der Waals surface area contributed by atoms with Gasteiger partial charge in [-0.1, -0.05) is 0 Å². The van der Waals surface area contributed by atoms with Crippen LogP contribution in [0.25, 0.3) is 0 Å². The second-order valence-electron chi connectivity index (χ2n) is 3.54. The Morgan fingerprint density at radius 1 is 1.29 bits per heavy atom. The number of likely N-dealkylation sites (N-methyl/N-ethyl adjacent to an activating group) is 1. The van der Waals surface area contributed by atoms with E-state index in [4.69, 9.17) is 15.0 Å². The molecule has 86 valence electrons. The molecule has 0 aliphatic carbocycles. The number of nitrogens with zero attached hydrogens (tertiary/aromatic N) is 1. The van der Waals surface area contributed by atoms with Gasteiger partial charge in [-0.15, -0.1) is 0 Å². The number of carbonyl (C=O) groups excluding carboxylic acids is 1. The van der Waals surface area contributed by atoms with E-state index in [1.54, 1.807) is 0 Å². The molecule has 6 nitrogen and oxygen atoms in total. The maximum atomic E-state index is 10.3. The second-order valence-corrected chi connectivity index (χ2v) is 4.62. The largest absolute Gasteiger partial charge is 0.460 e. The lowest BCUT2D eigenvalue weighted by molar-refractivity contribution is -1.73. The molecule has 0 unspecified atom stereocenters. The Labute approximate surface area is 92.7 Å². The molecule has 0 aromatic heterocycles. The van der Waals surface area contributed by atoms with Gasteiger partial charge in [0.05, 0.1) is 21.1 Å². The van der Waals surface area contributed by atoms with Crippen LogP contribution in [0.5, 0.6) is 0 Å². The van der Waals surface area contributed by atoms with Gasteiger partial charge in [-0.2, -0.15) is 0 Å². The van der Waals surface area contributed by atoms with E-state index in [-0.39, 0.29) is 5.97 Å². The van der Waals surface area contributed by atoms with Crippen LogP contribution in [0.1, 0.15) is 6.92 Å². The van der Waals surface area contributed by atoms with Crippen LogP contribution in [0.2, 0.25) is 0 Å². The molecule has 0 aromatic rings. The Bertz CT molecular complexity index is 154. The van der Waals surface area contributed by atoms with Crippen molar-refractivity contribution in [2.45, 2.75) is 6.92 Å². The second kappa shape index (κ2) is 8.36. The van der Waals surface area contributed by atoms with Crippen molar-refractivity contribution in [3.8, 4) is 0 Å². The minimum Gasteiger partial charge on any atom is -0.460 e. The molecule has 0 saturated heterocycles. The van der Waals surface area contributed by atoms with Crippen LogP contribution in [0.4, 0.5) is 0 Å². The van der Waals surface area contributed by atoms with E-state index in [9.17, 15) is 4.79 Å². The number of quaternary nitrogens is 1. The standard InChI is InChI=1S/C7H16NO2.IO3/c1-7(9)10-6-5-8(2,3)4;2-1(3)4/h5-6H2,1-4H3;/q+1;-1. The number of hydrogen-bond donors (Lipinski definition) is 0. The fourth-order valence-corrected chi connectivity index (χ4v) is 0.463. The van der Waals surface area contributed by atoms with E-state index in [1.165, 1.54) is 6.92 Å². The highest BCUT2D eigenvalue weighted by atomic mass is 127. The molecule has 0 rings (SSSR count). The molecule has 0 aliphatic heterocycles. The van der Waals surface area contributed by atoms with E-state index in [0.717, 1.165) is 11.0 Å². The first-order valence-corrected chi connectivity index (χ1v) is 6.46. The minimum absolute atomic E-state index is 0.201. The summed E-state index contributed by atoms with van der Waals surface area (Å²) in [6.45, 7) is 2.80. The highest BCUT2D eigenvalue weighted by Gasteiger charge is 2.06. The van der Waals surface area contributed by atoms with Crippen molar-refractivity contribution in [1.82, 2.24) is 0 Å². The normalized spacial score (nSPS) is 10.6. The zero-order chi connectivity index (χ0) is 11.8. The summed E-state index contributed by atoms with van der Waals surface area (Å²) in [7, 11) is 6.18. The molecular weight excluding hydrogens is 305 g/mol. The smallest absolute Gasteiger partial charge is 0.302 e. The number of hydrogen-bond acceptors (Lipinski definition) is 5. The van der Waals surface area contributed by atoms with Gasteiger partial charge >= 0.3 is 5.97 Å². The number of esters is 1. The molecule has 0 N–H and O–H groups in total. The van der Waals surface area contributed by atoms with Crippen LogP contribution < -0.4 is 31.4 Å². The monoisotopic (exact) mass is 321 g/mol. The summed E-state index contributed by atoms with van der Waals surface area (Å²) in [5.41, 5.74) is 0. The molecule has 14 heavy (non-hydrogen) atoms. The average molecular weight is 321 g/mol. The summed E-state index contributed by atoms with van der Waals surface area (Å²) in [5, 5.41) is 0. The van der Waals surface area contributed by atoms with Gasteiger partial charge in [0.2, 0.25) is 0 Å². The van der Waals surface area contributed by atoms with Gasteiger partial charge in [-0.25, -0.2) is 0 Å². The SMILES string of the molecule is CC(=O)OCC[N+](C)(C)C.[O-][I+2]([O-])[O-]. The van der Waals surface area contributed by atoms with Crippen molar-refractivity contribution in [3.05, 3.63) is 0 Å². The Balaban J connectivity index is 0. The molecule has 0 amide bonds. The van der Waals surface area contributed by atoms with Gasteiger partial charge in [0.25, 0.3) is 21.1 Å². The Morgan fingerprint density at radius 3 is 1.86 bits per heavy atom. The van der Waals surface area contributed by atoms with Crippen molar-refractivity contribution < 1.29 is 45.4 Å². The summed E-state index contributed by atoms with van der Waals surface area (Å²) < 4.78 is 31.3. The molecule has 0 radical (unpaired) electrons. The molecule has 0 spiro atoms. The van der Waals surface area contributed by atoms with Gasteiger partial charge in [0.15, 0.2) is 0 Å². The Morgan fingerprint density at radius 2 is 1.64 bits per heavy atom. The van der Waals surface area contributed by atoms with Crippen LogP contribution in [0.15, 0.2) is 0 Å². The van der Waals surface area contributed by atoms with Gasteiger partial charge in [0.1, 0.15) is 13.2 Å². The van der Waals surface area contributed by atoms with Gasteiger partial charge in [-0.05, 0) is 0 Å². The summed E-state index contributed by atoms with van der Waals surface area (Å²) in [5.74, 6) is -0.201. The van der Waals surface area contributed by atoms with Gasteiger partial charge in [0, 0.05) is 6.92 Å². The number of rotatable bonds is 3. The zero-order valence-corrected chi connectivity index (χ0v) is 10.9. The van der Waals surface area contributed by atoms with Crippen LogP contribution in [0, 0.1) is 0 Å². The highest BCUT2D eigenvalue weighted by Crippen LogP contribution is 1.88. The van der Waals surface area contributed by atoms with Crippen molar-refractivity contribution in [2.24, 2.45) is 0 Å². The highest BCUT2D eigenvalue weighted by molar-refractivity contribution is 5.65. The first kappa shape index (κ1) is 16.5. The third kappa shape index (κ3) is 29.6. The maximum Gasteiger partial charge on any atom is 0.302 e. The topological polar surface area (TPSA) is 95.5 Å². The van der Waals surface area contributed by atoms with Gasteiger partial charge in [-0.3, -0.25) is 4.79 Å². The molecule has 0 heterocycles. The molecule has 0 aliphatic rings. The molecule has 0 bridgehead atoms. The summed E-state index contributed by atoms with van der Waals surface area (Å²) in [6, 6.07) is 0. The zero-order valence-electron chi connectivity index (χ0n) is 8.78. The number of ether oxygens (including phenoxy) is 1. The molecule has 0 aromatic carbocycles. The maximum absolute atomic E-state index is 10.3. The lowest BCUT2D eigenvalue weighted by Crippen LogP contribution is -4.05. The fourth-order valence-electron chi connectivity index (χ4n) is 0.463. The van der Waals surface area contributed by atoms with Crippen LogP contribution in [-0.4, -0.2) is 44.7 Å². The van der Waals surface area contributed by atoms with Crippen molar-refractivity contribution in [3.63, 3.8) is 0 Å². The Kier molecular flexibility index (Phi) is 9.83. The molecule has 0 atom stereocenters. The predicted molar refractivity (Wildman–Crippen MR) is 39.5 cm³/mol. The van der Waals surface area contributed by atoms with Crippen LogP contribution in [0.3, 0.4) is 0 Å². The predicted octanol–water partition coefficient (Wildman–Crippen LogP) is -6.31. The summed E-state index contributed by atoms with van der Waals surface area (Å²) in [6.07, 6.45) is 0. The van der Waals surface area contributed by atoms with Crippen LogP contribution in [-0.2, 0) is 9.53 Å². The van der Waals surface area contributed by atoms with E-state index in [0.29, 0.717) is 6.61 Å².